The minimum atomic E-state index is -3.54. The van der Waals surface area contributed by atoms with Crippen LogP contribution in [0, 0.1) is 0 Å². The lowest BCUT2D eigenvalue weighted by atomic mass is 10.1. The molecule has 70 heavy (non-hydrogen) atoms. The van der Waals surface area contributed by atoms with Gasteiger partial charge in [0.05, 0.1) is 27.3 Å². The number of amides is 2. The van der Waals surface area contributed by atoms with E-state index in [0.717, 1.165) is 67.2 Å². The average molecular weight is 1040 g/mol. The van der Waals surface area contributed by atoms with Crippen LogP contribution < -0.4 is 30.7 Å². The summed E-state index contributed by atoms with van der Waals surface area (Å²) in [5.41, 5.74) is 2.04. The fourth-order valence-electron chi connectivity index (χ4n) is 8.67. The highest BCUT2D eigenvalue weighted by atomic mass is 32.3. The fourth-order valence-corrected chi connectivity index (χ4v) is 14.5. The summed E-state index contributed by atoms with van der Waals surface area (Å²) in [6.07, 6.45) is 9.80. The molecule has 0 bridgehead atoms. The van der Waals surface area contributed by atoms with Crippen LogP contribution >= 0.6 is 22.7 Å². The summed E-state index contributed by atoms with van der Waals surface area (Å²) < 4.78 is 66.7. The van der Waals surface area contributed by atoms with Gasteiger partial charge in [0, 0.05) is 97.1 Å². The number of likely N-dealkylation sites (tertiary alicyclic amines) is 1. The summed E-state index contributed by atoms with van der Waals surface area (Å²) in [4.78, 5) is 33.3. The van der Waals surface area contributed by atoms with Gasteiger partial charge in [-0.25, -0.2) is 16.8 Å². The number of rotatable bonds is 20. The number of sulfonamides is 2. The van der Waals surface area contributed by atoms with Gasteiger partial charge in [-0.05, 0) is 124 Å². The number of piperidine rings is 3. The molecule has 5 aromatic rings. The Kier molecular flexibility index (Phi) is 19.8. The first-order valence-corrected chi connectivity index (χ1v) is 28.5. The van der Waals surface area contributed by atoms with E-state index in [1.54, 1.807) is 102 Å². The van der Waals surface area contributed by atoms with Crippen molar-refractivity contribution in [2.45, 2.75) is 85.0 Å². The van der Waals surface area contributed by atoms with Crippen molar-refractivity contribution in [3.05, 3.63) is 124 Å². The van der Waals surface area contributed by atoms with Crippen LogP contribution in [0.5, 0.6) is 11.5 Å². The second-order valence-corrected chi connectivity index (χ2v) is 24.2. The molecule has 16 nitrogen and oxygen atoms in total. The van der Waals surface area contributed by atoms with Gasteiger partial charge in [-0.2, -0.15) is 8.61 Å². The molecule has 3 fully saturated rings. The van der Waals surface area contributed by atoms with Gasteiger partial charge in [0.25, 0.3) is 31.9 Å². The Labute approximate surface area is 421 Å². The Morgan fingerprint density at radius 2 is 1.11 bits per heavy atom. The van der Waals surface area contributed by atoms with Gasteiger partial charge in [0.15, 0.2) is 0 Å². The molecule has 0 unspecified atom stereocenters. The minimum Gasteiger partial charge on any atom is -0.497 e. The third kappa shape index (κ3) is 15.1. The molecule has 3 aliphatic rings. The molecule has 0 aliphatic carbocycles. The molecule has 3 aliphatic heterocycles. The average Bonchev–Trinajstić information content (AvgIpc) is 4.10. The first-order chi connectivity index (χ1) is 33.9. The zero-order valence-corrected chi connectivity index (χ0v) is 43.3. The van der Waals surface area contributed by atoms with Crippen molar-refractivity contribution in [2.24, 2.45) is 0 Å². The summed E-state index contributed by atoms with van der Waals surface area (Å²) >= 11 is 2.42. The largest absolute Gasteiger partial charge is 0.497 e. The van der Waals surface area contributed by atoms with Crippen LogP contribution in [-0.2, 0) is 39.6 Å². The van der Waals surface area contributed by atoms with E-state index >= 15 is 0 Å². The first-order valence-electron chi connectivity index (χ1n) is 24.0. The predicted octanol–water partition coefficient (Wildman–Crippen LogP) is 5.98. The Morgan fingerprint density at radius 3 is 1.59 bits per heavy atom. The molecule has 3 saturated heterocycles. The molecule has 20 heteroatoms. The van der Waals surface area contributed by atoms with Crippen molar-refractivity contribution in [3.63, 3.8) is 0 Å². The normalized spacial score (nSPS) is 16.8. The van der Waals surface area contributed by atoms with E-state index in [2.05, 4.69) is 31.2 Å². The predicted molar refractivity (Wildman–Crippen MR) is 275 cm³/mol. The van der Waals surface area contributed by atoms with Crippen LogP contribution in [0.3, 0.4) is 0 Å². The highest BCUT2D eigenvalue weighted by molar-refractivity contribution is 7.91. The van der Waals surface area contributed by atoms with Gasteiger partial charge in [0.1, 0.15) is 19.9 Å². The van der Waals surface area contributed by atoms with E-state index in [-0.39, 0.29) is 24.9 Å². The van der Waals surface area contributed by atoms with Gasteiger partial charge in [-0.3, -0.25) is 14.6 Å². The molecule has 2 amide bonds. The van der Waals surface area contributed by atoms with E-state index in [0.29, 0.717) is 69.3 Å². The van der Waals surface area contributed by atoms with Crippen LogP contribution in [-0.4, -0.2) is 132 Å². The van der Waals surface area contributed by atoms with Crippen molar-refractivity contribution < 1.29 is 35.9 Å². The summed E-state index contributed by atoms with van der Waals surface area (Å²) in [6.45, 7) is 7.84. The maximum absolute atomic E-state index is 13.2. The van der Waals surface area contributed by atoms with E-state index in [1.807, 2.05) is 18.2 Å². The zero-order chi connectivity index (χ0) is 49.4. The molecular formula is C50H66N8O8S4. The smallest absolute Gasteiger partial charge is 0.252 e. The number of thiophene rings is 2. The molecule has 3 aromatic heterocycles. The second kappa shape index (κ2) is 26.1. The van der Waals surface area contributed by atoms with E-state index < -0.39 is 20.0 Å². The van der Waals surface area contributed by atoms with Crippen LogP contribution in [0.15, 0.2) is 106 Å². The van der Waals surface area contributed by atoms with Crippen molar-refractivity contribution in [2.75, 3.05) is 73.1 Å². The monoisotopic (exact) mass is 1030 g/mol. The van der Waals surface area contributed by atoms with Crippen molar-refractivity contribution in [1.29, 1.82) is 0 Å². The Bertz CT molecular complexity index is 2660. The molecule has 0 saturated carbocycles. The number of methoxy groups -OCH3 is 2. The lowest BCUT2D eigenvalue weighted by Gasteiger charge is -2.32. The quantitative estimate of drug-likeness (QED) is 0.0715. The zero-order valence-electron chi connectivity index (χ0n) is 40.0. The SMILES string of the molecule is COc1cccc(C(=O)NCc2ccc(S(=O)(=O)N3CCC(NCCN4CCCCC4)CC3)s2)c1.COc1cccc(C(=O)NCc2ccc(S(=O)(=O)N3CCC(NCCc4ccccn4)CC3)s2)c1. The molecular weight excluding hydrogens is 969 g/mol. The fraction of sp³-hybridized carbons (Fsp3) is 0.460. The lowest BCUT2D eigenvalue weighted by molar-refractivity contribution is 0.0943. The summed E-state index contributed by atoms with van der Waals surface area (Å²) in [6, 6.07) is 27.2. The van der Waals surface area contributed by atoms with Crippen molar-refractivity contribution in [3.8, 4) is 11.5 Å². The number of benzene rings is 2. The van der Waals surface area contributed by atoms with E-state index in [4.69, 9.17) is 9.47 Å². The minimum absolute atomic E-state index is 0.225. The maximum atomic E-state index is 13.2. The molecule has 0 atom stereocenters. The van der Waals surface area contributed by atoms with Crippen molar-refractivity contribution >= 4 is 54.5 Å². The summed E-state index contributed by atoms with van der Waals surface area (Å²) in [5.74, 6) is 0.758. The van der Waals surface area contributed by atoms with Gasteiger partial charge in [-0.15, -0.1) is 22.7 Å². The third-order valence-electron chi connectivity index (χ3n) is 12.7. The van der Waals surface area contributed by atoms with Gasteiger partial charge in [0.2, 0.25) is 0 Å². The van der Waals surface area contributed by atoms with Gasteiger partial charge < -0.3 is 35.6 Å². The highest BCUT2D eigenvalue weighted by Crippen LogP contribution is 2.29. The molecule has 6 heterocycles. The molecule has 4 N–H and O–H groups in total. The standard InChI is InChI=1S/C25H30N4O4S2.C25H36N4O4S2/c1-33-22-7-4-5-19(17-22)25(30)28-18-23-8-9-24(34-23)35(31,32)29-15-11-21(12-16-29)27-14-10-20-6-2-3-13-26-20;1-33-22-7-5-6-20(18-22)25(30)27-19-23-8-9-24(34-23)35(31,32)29-15-10-21(11-16-29)26-12-17-28-13-3-2-4-14-28/h2-9,13,17,21,27H,10-12,14-16,18H2,1H3,(H,28,30);5-9,18,21,26H,2-4,10-17,19H2,1H3,(H,27,30). The number of carbonyl (C=O) groups excluding carboxylic acids is 2. The van der Waals surface area contributed by atoms with Crippen LogP contribution in [0.1, 0.15) is 81.1 Å². The number of hydrogen-bond donors (Lipinski definition) is 4. The molecule has 0 spiro atoms. The van der Waals surface area contributed by atoms with Crippen LogP contribution in [0.4, 0.5) is 0 Å². The highest BCUT2D eigenvalue weighted by Gasteiger charge is 2.32. The van der Waals surface area contributed by atoms with Crippen LogP contribution in [0.2, 0.25) is 0 Å². The molecule has 2 aromatic carbocycles. The second-order valence-electron chi connectivity index (χ2n) is 17.5. The Morgan fingerprint density at radius 1 is 0.614 bits per heavy atom. The number of carbonyl (C=O) groups is 2. The maximum Gasteiger partial charge on any atom is 0.252 e. The number of pyridine rings is 1. The summed E-state index contributed by atoms with van der Waals surface area (Å²) in [5, 5.41) is 12.8. The lowest BCUT2D eigenvalue weighted by Crippen LogP contribution is -2.46. The van der Waals surface area contributed by atoms with Crippen LogP contribution in [0.25, 0.3) is 0 Å². The van der Waals surface area contributed by atoms with E-state index in [9.17, 15) is 26.4 Å². The number of nitrogens with zero attached hydrogens (tertiary/aromatic N) is 4. The molecule has 378 valence electrons. The summed E-state index contributed by atoms with van der Waals surface area (Å²) in [7, 11) is -3.95. The van der Waals surface area contributed by atoms with Crippen molar-refractivity contribution in [1.82, 2.24) is 39.8 Å². The topological polar surface area (TPSA) is 192 Å². The number of nitrogens with one attached hydrogen (secondary N) is 4. The molecule has 0 radical (unpaired) electrons. The Hall–Kier alpha value is -4.77. The van der Waals surface area contributed by atoms with Gasteiger partial charge in [-0.1, -0.05) is 24.6 Å². The third-order valence-corrected chi connectivity index (χ3v) is 19.6. The van der Waals surface area contributed by atoms with Gasteiger partial charge >= 0.3 is 0 Å². The number of ether oxygens (including phenoxy) is 2. The Balaban J connectivity index is 0.000000206. The van der Waals surface area contributed by atoms with E-state index in [1.165, 1.54) is 55.0 Å². The molecule has 8 rings (SSSR count). The number of hydrogen-bond acceptors (Lipinski definition) is 14. The number of aromatic nitrogens is 1. The first kappa shape index (κ1) is 53.0.